The molecule has 6 heteroatoms. The van der Waals surface area contributed by atoms with Crippen molar-refractivity contribution >= 4 is 5.91 Å². The molecule has 0 aliphatic heterocycles. The van der Waals surface area contributed by atoms with Gasteiger partial charge in [0.2, 0.25) is 5.91 Å². The van der Waals surface area contributed by atoms with Gasteiger partial charge in [-0.05, 0) is 33.1 Å². The second-order valence-electron chi connectivity index (χ2n) is 5.12. The summed E-state index contributed by atoms with van der Waals surface area (Å²) in [5, 5.41) is 0. The standard InChI is InChI=1S/C11H19F3N2O/c1-8(2)16(7-11(12,13)14)9(17)6-10(15)4-3-5-10/h8H,3-7,15H2,1-2H3. The normalized spacial score (nSPS) is 19.0. The molecule has 0 unspecified atom stereocenters. The molecule has 0 aromatic carbocycles. The fraction of sp³-hybridized carbons (Fsp3) is 0.909. The number of halogens is 3. The van der Waals surface area contributed by atoms with Gasteiger partial charge in [0.25, 0.3) is 0 Å². The third kappa shape index (κ3) is 4.18. The molecule has 17 heavy (non-hydrogen) atoms. The molecule has 2 N–H and O–H groups in total. The Morgan fingerprint density at radius 3 is 2.24 bits per heavy atom. The molecule has 0 spiro atoms. The highest BCUT2D eigenvalue weighted by atomic mass is 19.4. The predicted molar refractivity (Wildman–Crippen MR) is 58.3 cm³/mol. The van der Waals surface area contributed by atoms with Crippen LogP contribution in [0.3, 0.4) is 0 Å². The van der Waals surface area contributed by atoms with Crippen LogP contribution in [0.15, 0.2) is 0 Å². The quantitative estimate of drug-likeness (QED) is 0.832. The third-order valence-corrected chi connectivity index (χ3v) is 3.15. The molecule has 1 rings (SSSR count). The Labute approximate surface area is 99.1 Å². The van der Waals surface area contributed by atoms with E-state index in [1.54, 1.807) is 13.8 Å². The lowest BCUT2D eigenvalue weighted by atomic mass is 9.75. The first-order valence-corrected chi connectivity index (χ1v) is 5.78. The zero-order chi connectivity index (χ0) is 13.3. The van der Waals surface area contributed by atoms with Gasteiger partial charge >= 0.3 is 6.18 Å². The summed E-state index contributed by atoms with van der Waals surface area (Å²) in [5.74, 6) is -0.500. The van der Waals surface area contributed by atoms with Crippen LogP contribution in [0.2, 0.25) is 0 Å². The molecule has 0 heterocycles. The summed E-state index contributed by atoms with van der Waals surface area (Å²) < 4.78 is 37.0. The van der Waals surface area contributed by atoms with Crippen LogP contribution in [0, 0.1) is 0 Å². The zero-order valence-corrected chi connectivity index (χ0v) is 10.2. The Bertz CT molecular complexity index is 285. The maximum atomic E-state index is 12.3. The van der Waals surface area contributed by atoms with Crippen LogP contribution >= 0.6 is 0 Å². The van der Waals surface area contributed by atoms with Crippen molar-refractivity contribution in [1.82, 2.24) is 4.90 Å². The highest BCUT2D eigenvalue weighted by molar-refractivity contribution is 5.78. The molecule has 1 fully saturated rings. The largest absolute Gasteiger partial charge is 0.406 e. The molecular formula is C11H19F3N2O. The van der Waals surface area contributed by atoms with Crippen molar-refractivity contribution in [1.29, 1.82) is 0 Å². The summed E-state index contributed by atoms with van der Waals surface area (Å²) in [6.07, 6.45) is -1.96. The van der Waals surface area contributed by atoms with Crippen LogP contribution in [-0.4, -0.2) is 35.1 Å². The van der Waals surface area contributed by atoms with Crippen molar-refractivity contribution in [3.63, 3.8) is 0 Å². The van der Waals surface area contributed by atoms with E-state index >= 15 is 0 Å². The Balaban J connectivity index is 2.61. The van der Waals surface area contributed by atoms with Gasteiger partial charge < -0.3 is 10.6 Å². The topological polar surface area (TPSA) is 46.3 Å². The molecule has 1 aliphatic carbocycles. The molecule has 100 valence electrons. The van der Waals surface area contributed by atoms with Crippen LogP contribution in [0.5, 0.6) is 0 Å². The second kappa shape index (κ2) is 4.84. The first-order chi connectivity index (χ1) is 7.63. The van der Waals surface area contributed by atoms with Crippen molar-refractivity contribution in [2.45, 2.75) is 57.3 Å². The van der Waals surface area contributed by atoms with E-state index in [0.717, 1.165) is 24.2 Å². The van der Waals surface area contributed by atoms with Gasteiger partial charge in [0.05, 0.1) is 0 Å². The average molecular weight is 252 g/mol. The molecule has 0 aromatic heterocycles. The lowest BCUT2D eigenvalue weighted by molar-refractivity contribution is -0.165. The minimum Gasteiger partial charge on any atom is -0.331 e. The molecule has 0 radical (unpaired) electrons. The van der Waals surface area contributed by atoms with E-state index in [4.69, 9.17) is 5.73 Å². The van der Waals surface area contributed by atoms with E-state index in [0.29, 0.717) is 0 Å². The number of carbonyl (C=O) groups is 1. The maximum absolute atomic E-state index is 12.3. The SMILES string of the molecule is CC(C)N(CC(F)(F)F)C(=O)CC1(N)CCC1. The second-order valence-corrected chi connectivity index (χ2v) is 5.12. The Morgan fingerprint density at radius 2 is 1.94 bits per heavy atom. The van der Waals surface area contributed by atoms with Gasteiger partial charge in [0, 0.05) is 18.0 Å². The van der Waals surface area contributed by atoms with Crippen molar-refractivity contribution < 1.29 is 18.0 Å². The van der Waals surface area contributed by atoms with Crippen LogP contribution in [0.25, 0.3) is 0 Å². The minimum absolute atomic E-state index is 0.0151. The number of carbonyl (C=O) groups excluding carboxylic acids is 1. The van der Waals surface area contributed by atoms with E-state index in [1.807, 2.05) is 0 Å². The first kappa shape index (κ1) is 14.3. The fourth-order valence-electron chi connectivity index (χ4n) is 1.96. The van der Waals surface area contributed by atoms with Gasteiger partial charge in [0.1, 0.15) is 6.54 Å². The van der Waals surface area contributed by atoms with Crippen molar-refractivity contribution in [3.8, 4) is 0 Å². The molecule has 0 saturated heterocycles. The number of alkyl halides is 3. The van der Waals surface area contributed by atoms with Gasteiger partial charge in [-0.3, -0.25) is 4.79 Å². The van der Waals surface area contributed by atoms with E-state index in [1.165, 1.54) is 0 Å². The minimum atomic E-state index is -4.36. The van der Waals surface area contributed by atoms with Gasteiger partial charge in [0.15, 0.2) is 0 Å². The van der Waals surface area contributed by atoms with Crippen LogP contribution in [0.4, 0.5) is 13.2 Å². The van der Waals surface area contributed by atoms with Crippen molar-refractivity contribution in [2.75, 3.05) is 6.54 Å². The summed E-state index contributed by atoms with van der Waals surface area (Å²) in [6.45, 7) is 1.96. The third-order valence-electron chi connectivity index (χ3n) is 3.15. The maximum Gasteiger partial charge on any atom is 0.406 e. The van der Waals surface area contributed by atoms with E-state index in [-0.39, 0.29) is 6.42 Å². The lowest BCUT2D eigenvalue weighted by Crippen LogP contribution is -2.52. The smallest absolute Gasteiger partial charge is 0.331 e. The molecule has 0 atom stereocenters. The number of amides is 1. The van der Waals surface area contributed by atoms with Crippen LogP contribution < -0.4 is 5.73 Å². The van der Waals surface area contributed by atoms with Gasteiger partial charge in [-0.15, -0.1) is 0 Å². The molecule has 3 nitrogen and oxygen atoms in total. The highest BCUT2D eigenvalue weighted by Crippen LogP contribution is 2.33. The number of nitrogens with two attached hydrogens (primary N) is 1. The van der Waals surface area contributed by atoms with Crippen molar-refractivity contribution in [2.24, 2.45) is 5.73 Å². The zero-order valence-electron chi connectivity index (χ0n) is 10.2. The summed E-state index contributed by atoms with van der Waals surface area (Å²) in [6, 6.07) is -0.465. The van der Waals surface area contributed by atoms with Crippen molar-refractivity contribution in [3.05, 3.63) is 0 Å². The number of nitrogens with zero attached hydrogens (tertiary/aromatic N) is 1. The predicted octanol–water partition coefficient (Wildman–Crippen LogP) is 2.06. The lowest BCUT2D eigenvalue weighted by Gasteiger charge is -2.39. The molecule has 0 bridgehead atoms. The first-order valence-electron chi connectivity index (χ1n) is 5.78. The van der Waals surface area contributed by atoms with Gasteiger partial charge in [-0.2, -0.15) is 13.2 Å². The monoisotopic (exact) mass is 252 g/mol. The molecule has 1 aliphatic rings. The van der Waals surface area contributed by atoms with E-state index < -0.39 is 30.2 Å². The molecule has 1 amide bonds. The Morgan fingerprint density at radius 1 is 1.41 bits per heavy atom. The van der Waals surface area contributed by atoms with Gasteiger partial charge in [-0.25, -0.2) is 0 Å². The van der Waals surface area contributed by atoms with Gasteiger partial charge in [-0.1, -0.05) is 0 Å². The summed E-state index contributed by atoms with van der Waals surface area (Å²) >= 11 is 0. The van der Waals surface area contributed by atoms with Crippen LogP contribution in [0.1, 0.15) is 39.5 Å². The number of hydrogen-bond acceptors (Lipinski definition) is 2. The average Bonchev–Trinajstić information content (AvgIpc) is 2.09. The number of rotatable bonds is 4. The van der Waals surface area contributed by atoms with E-state index in [9.17, 15) is 18.0 Å². The summed E-state index contributed by atoms with van der Waals surface area (Å²) in [5.41, 5.74) is 5.30. The Hall–Kier alpha value is -0.780. The Kier molecular flexibility index (Phi) is 4.06. The molecule has 1 saturated carbocycles. The highest BCUT2D eigenvalue weighted by Gasteiger charge is 2.39. The summed E-state index contributed by atoms with van der Waals surface area (Å²) in [7, 11) is 0. The number of hydrogen-bond donors (Lipinski definition) is 1. The van der Waals surface area contributed by atoms with E-state index in [2.05, 4.69) is 0 Å². The fourth-order valence-corrected chi connectivity index (χ4v) is 1.96. The van der Waals surface area contributed by atoms with Crippen LogP contribution in [-0.2, 0) is 4.79 Å². The molecule has 0 aromatic rings. The molecular weight excluding hydrogens is 233 g/mol. The summed E-state index contributed by atoms with van der Waals surface area (Å²) in [4.78, 5) is 12.7.